The summed E-state index contributed by atoms with van der Waals surface area (Å²) in [6, 6.07) is 8.19. The van der Waals surface area contributed by atoms with Gasteiger partial charge in [-0.3, -0.25) is 14.5 Å². The zero-order valence-corrected chi connectivity index (χ0v) is 16.3. The van der Waals surface area contributed by atoms with Crippen LogP contribution in [0.5, 0.6) is 0 Å². The molecule has 1 aromatic carbocycles. The molecule has 2 fully saturated rings. The maximum absolute atomic E-state index is 12.3. The Labute approximate surface area is 162 Å². The minimum atomic E-state index is -0.0166. The summed E-state index contributed by atoms with van der Waals surface area (Å²) in [5, 5.41) is 9.34. The second kappa shape index (κ2) is 9.85. The molecule has 27 heavy (non-hydrogen) atoms. The number of carbonyl (C=O) groups is 2. The lowest BCUT2D eigenvalue weighted by molar-refractivity contribution is -0.124. The number of aryl methyl sites for hydroxylation is 1. The highest BCUT2D eigenvalue weighted by Crippen LogP contribution is 2.16. The van der Waals surface area contributed by atoms with Gasteiger partial charge in [-0.25, -0.2) is 0 Å². The Hall–Kier alpha value is -1.92. The van der Waals surface area contributed by atoms with Crippen molar-refractivity contribution in [3.8, 4) is 0 Å². The lowest BCUT2D eigenvalue weighted by Gasteiger charge is -2.32. The Balaban J connectivity index is 1.37. The van der Waals surface area contributed by atoms with Crippen LogP contribution in [0.15, 0.2) is 24.3 Å². The van der Waals surface area contributed by atoms with Gasteiger partial charge in [0.05, 0.1) is 12.6 Å². The van der Waals surface area contributed by atoms with Crippen LogP contribution in [0.25, 0.3) is 0 Å². The second-order valence-electron chi connectivity index (χ2n) is 7.90. The molecule has 2 unspecified atom stereocenters. The van der Waals surface area contributed by atoms with E-state index in [-0.39, 0.29) is 17.9 Å². The largest absolute Gasteiger partial charge is 0.354 e. The van der Waals surface area contributed by atoms with Crippen LogP contribution in [0.2, 0.25) is 0 Å². The highest BCUT2D eigenvalue weighted by Gasteiger charge is 2.25. The molecule has 1 aromatic rings. The van der Waals surface area contributed by atoms with Gasteiger partial charge in [0, 0.05) is 19.6 Å². The van der Waals surface area contributed by atoms with E-state index in [0.29, 0.717) is 25.6 Å². The van der Waals surface area contributed by atoms with E-state index in [9.17, 15) is 9.59 Å². The van der Waals surface area contributed by atoms with Crippen LogP contribution in [0, 0.1) is 12.8 Å². The maximum Gasteiger partial charge on any atom is 0.237 e. The Morgan fingerprint density at radius 3 is 2.89 bits per heavy atom. The molecular formula is C21H32N4O2. The van der Waals surface area contributed by atoms with Gasteiger partial charge in [0.1, 0.15) is 0 Å². The minimum Gasteiger partial charge on any atom is -0.354 e. The first-order valence-corrected chi connectivity index (χ1v) is 10.2. The Bertz CT molecular complexity index is 643. The summed E-state index contributed by atoms with van der Waals surface area (Å²) in [5.41, 5.74) is 2.33. The molecule has 2 aliphatic heterocycles. The summed E-state index contributed by atoms with van der Waals surface area (Å²) in [7, 11) is 0. The molecule has 2 aliphatic rings. The number of piperidine rings is 1. The van der Waals surface area contributed by atoms with Crippen molar-refractivity contribution >= 4 is 11.8 Å². The van der Waals surface area contributed by atoms with Crippen LogP contribution < -0.4 is 16.0 Å². The Morgan fingerprint density at radius 1 is 1.22 bits per heavy atom. The zero-order valence-electron chi connectivity index (χ0n) is 16.3. The summed E-state index contributed by atoms with van der Waals surface area (Å²) in [6.45, 7) is 6.53. The molecule has 2 heterocycles. The molecule has 0 bridgehead atoms. The Kier molecular flexibility index (Phi) is 7.24. The molecule has 2 saturated heterocycles. The predicted molar refractivity (Wildman–Crippen MR) is 106 cm³/mol. The fraction of sp³-hybridized carbons (Fsp3) is 0.619. The van der Waals surface area contributed by atoms with Crippen molar-refractivity contribution < 1.29 is 9.59 Å². The number of carbonyl (C=O) groups excluding carboxylic acids is 2. The third-order valence-corrected chi connectivity index (χ3v) is 5.48. The molecule has 3 rings (SSSR count). The zero-order chi connectivity index (χ0) is 19.1. The number of amides is 2. The molecule has 0 aromatic heterocycles. The third-order valence-electron chi connectivity index (χ3n) is 5.48. The number of nitrogens with one attached hydrogen (secondary N) is 3. The number of hydrogen-bond acceptors (Lipinski definition) is 4. The standard InChI is InChI=1S/C21H32N4O2/c1-16-5-2-6-17(11-16)12-23-20(26)15-25-10-4-7-18(14-25)13-24-21(27)19-8-3-9-22-19/h2,5-6,11,18-19,22H,3-4,7-10,12-15H2,1H3,(H,23,26)(H,24,27). The fourth-order valence-electron chi connectivity index (χ4n) is 4.02. The molecule has 0 aliphatic carbocycles. The summed E-state index contributed by atoms with van der Waals surface area (Å²) in [5.74, 6) is 0.616. The average Bonchev–Trinajstić information content (AvgIpc) is 3.20. The van der Waals surface area contributed by atoms with Crippen molar-refractivity contribution in [1.82, 2.24) is 20.9 Å². The number of benzene rings is 1. The Morgan fingerprint density at radius 2 is 2.11 bits per heavy atom. The molecule has 2 atom stereocenters. The second-order valence-corrected chi connectivity index (χ2v) is 7.90. The first kappa shape index (κ1) is 19.8. The van der Waals surface area contributed by atoms with Gasteiger partial charge in [0.15, 0.2) is 0 Å². The third kappa shape index (κ3) is 6.33. The molecule has 6 nitrogen and oxygen atoms in total. The summed E-state index contributed by atoms with van der Waals surface area (Å²) in [4.78, 5) is 26.6. The van der Waals surface area contributed by atoms with Crippen molar-refractivity contribution in [1.29, 1.82) is 0 Å². The fourth-order valence-corrected chi connectivity index (χ4v) is 4.02. The first-order valence-electron chi connectivity index (χ1n) is 10.2. The molecule has 148 valence electrons. The van der Waals surface area contributed by atoms with Gasteiger partial charge in [0.2, 0.25) is 11.8 Å². The SMILES string of the molecule is Cc1cccc(CNC(=O)CN2CCCC(CNC(=O)C3CCCN3)C2)c1. The van der Waals surface area contributed by atoms with E-state index in [1.54, 1.807) is 0 Å². The van der Waals surface area contributed by atoms with E-state index >= 15 is 0 Å². The monoisotopic (exact) mass is 372 g/mol. The van der Waals surface area contributed by atoms with Gasteiger partial charge in [-0.15, -0.1) is 0 Å². The van der Waals surface area contributed by atoms with Gasteiger partial charge < -0.3 is 16.0 Å². The minimum absolute atomic E-state index is 0.0166. The highest BCUT2D eigenvalue weighted by atomic mass is 16.2. The van der Waals surface area contributed by atoms with Crippen molar-refractivity contribution in [2.75, 3.05) is 32.7 Å². The van der Waals surface area contributed by atoms with Crippen LogP contribution in [-0.4, -0.2) is 55.5 Å². The smallest absolute Gasteiger partial charge is 0.237 e. The quantitative estimate of drug-likeness (QED) is 0.672. The molecule has 2 amide bonds. The molecule has 3 N–H and O–H groups in total. The molecule has 6 heteroatoms. The topological polar surface area (TPSA) is 73.5 Å². The highest BCUT2D eigenvalue weighted by molar-refractivity contribution is 5.82. The molecular weight excluding hydrogens is 340 g/mol. The van der Waals surface area contributed by atoms with E-state index in [1.165, 1.54) is 5.56 Å². The lowest BCUT2D eigenvalue weighted by atomic mass is 9.98. The number of nitrogens with zero attached hydrogens (tertiary/aromatic N) is 1. The van der Waals surface area contributed by atoms with Crippen LogP contribution in [0.4, 0.5) is 0 Å². The van der Waals surface area contributed by atoms with Crippen LogP contribution in [0.1, 0.15) is 36.8 Å². The lowest BCUT2D eigenvalue weighted by Crippen LogP contribution is -2.47. The van der Waals surface area contributed by atoms with E-state index in [2.05, 4.69) is 39.9 Å². The van der Waals surface area contributed by atoms with Crippen molar-refractivity contribution in [2.45, 2.75) is 45.2 Å². The van der Waals surface area contributed by atoms with Gasteiger partial charge in [-0.2, -0.15) is 0 Å². The summed E-state index contributed by atoms with van der Waals surface area (Å²) in [6.07, 6.45) is 4.20. The van der Waals surface area contributed by atoms with E-state index < -0.39 is 0 Å². The maximum atomic E-state index is 12.3. The molecule has 0 radical (unpaired) electrons. The van der Waals surface area contributed by atoms with E-state index in [4.69, 9.17) is 0 Å². The summed E-state index contributed by atoms with van der Waals surface area (Å²) >= 11 is 0. The van der Waals surface area contributed by atoms with Crippen LogP contribution >= 0.6 is 0 Å². The number of likely N-dealkylation sites (tertiary alicyclic amines) is 1. The predicted octanol–water partition coefficient (Wildman–Crippen LogP) is 1.19. The van der Waals surface area contributed by atoms with Gasteiger partial charge in [-0.05, 0) is 57.2 Å². The van der Waals surface area contributed by atoms with Crippen molar-refractivity contribution in [3.63, 3.8) is 0 Å². The van der Waals surface area contributed by atoms with Crippen LogP contribution in [-0.2, 0) is 16.1 Å². The summed E-state index contributed by atoms with van der Waals surface area (Å²) < 4.78 is 0. The molecule has 0 saturated carbocycles. The van der Waals surface area contributed by atoms with Crippen LogP contribution in [0.3, 0.4) is 0 Å². The van der Waals surface area contributed by atoms with E-state index in [0.717, 1.165) is 50.9 Å². The normalized spacial score (nSPS) is 23.1. The average molecular weight is 373 g/mol. The van der Waals surface area contributed by atoms with Gasteiger partial charge >= 0.3 is 0 Å². The number of hydrogen-bond donors (Lipinski definition) is 3. The van der Waals surface area contributed by atoms with Crippen molar-refractivity contribution in [3.05, 3.63) is 35.4 Å². The number of rotatable bonds is 7. The van der Waals surface area contributed by atoms with Gasteiger partial charge in [-0.1, -0.05) is 29.8 Å². The van der Waals surface area contributed by atoms with Crippen molar-refractivity contribution in [2.24, 2.45) is 5.92 Å². The van der Waals surface area contributed by atoms with E-state index in [1.807, 2.05) is 12.1 Å². The first-order chi connectivity index (χ1) is 13.1. The van der Waals surface area contributed by atoms with Gasteiger partial charge in [0.25, 0.3) is 0 Å². The molecule has 0 spiro atoms.